The van der Waals surface area contributed by atoms with Gasteiger partial charge >= 0.3 is 11.9 Å². The Kier molecular flexibility index (Phi) is 13.0. The molecule has 5 nitrogen and oxygen atoms in total. The highest BCUT2D eigenvalue weighted by atomic mass is 16.6. The number of unbranched alkanes of at least 4 members (excludes halogenated alkanes) is 5. The Morgan fingerprint density at radius 1 is 0.960 bits per heavy atom. The monoisotopic (exact) mass is 354 g/mol. The minimum atomic E-state index is -0.672. The number of aliphatic hydroxyl groups is 2. The molecule has 0 spiro atoms. The SMILES string of the molecule is CC=C(C)C(=O)OC(=O)C(CC(O)CCCCCCCCO)=C(C)C. The number of rotatable bonds is 12. The van der Waals surface area contributed by atoms with E-state index in [1.54, 1.807) is 33.8 Å². The zero-order valence-corrected chi connectivity index (χ0v) is 16.1. The van der Waals surface area contributed by atoms with Crippen molar-refractivity contribution in [3.8, 4) is 0 Å². The fourth-order valence-electron chi connectivity index (χ4n) is 2.37. The van der Waals surface area contributed by atoms with Gasteiger partial charge in [-0.3, -0.25) is 0 Å². The van der Waals surface area contributed by atoms with Gasteiger partial charge in [0.25, 0.3) is 0 Å². The summed E-state index contributed by atoms with van der Waals surface area (Å²) >= 11 is 0. The number of aliphatic hydroxyl groups excluding tert-OH is 2. The van der Waals surface area contributed by atoms with Gasteiger partial charge < -0.3 is 14.9 Å². The average Bonchev–Trinajstić information content (AvgIpc) is 2.57. The first kappa shape index (κ1) is 23.5. The third kappa shape index (κ3) is 10.9. The Morgan fingerprint density at radius 3 is 2.04 bits per heavy atom. The summed E-state index contributed by atoms with van der Waals surface area (Å²) in [7, 11) is 0. The van der Waals surface area contributed by atoms with E-state index in [9.17, 15) is 14.7 Å². The van der Waals surface area contributed by atoms with Gasteiger partial charge in [0.2, 0.25) is 0 Å². The molecule has 1 atom stereocenters. The normalized spacial score (nSPS) is 12.6. The van der Waals surface area contributed by atoms with Crippen molar-refractivity contribution in [3.63, 3.8) is 0 Å². The number of carbonyl (C=O) groups is 2. The molecule has 144 valence electrons. The molecule has 0 bridgehead atoms. The lowest BCUT2D eigenvalue weighted by Crippen LogP contribution is -2.19. The van der Waals surface area contributed by atoms with Crippen LogP contribution in [0.15, 0.2) is 22.8 Å². The maximum Gasteiger partial charge on any atom is 0.341 e. The summed E-state index contributed by atoms with van der Waals surface area (Å²) in [6.07, 6.45) is 7.76. The van der Waals surface area contributed by atoms with Gasteiger partial charge in [-0.2, -0.15) is 0 Å². The first-order valence-electron chi connectivity index (χ1n) is 9.18. The van der Waals surface area contributed by atoms with E-state index in [4.69, 9.17) is 9.84 Å². The van der Waals surface area contributed by atoms with Crippen molar-refractivity contribution >= 4 is 11.9 Å². The maximum atomic E-state index is 12.2. The predicted molar refractivity (Wildman–Crippen MR) is 98.9 cm³/mol. The van der Waals surface area contributed by atoms with Crippen LogP contribution in [0.4, 0.5) is 0 Å². The lowest BCUT2D eigenvalue weighted by atomic mass is 9.99. The number of esters is 2. The van der Waals surface area contributed by atoms with Gasteiger partial charge in [0, 0.05) is 24.2 Å². The van der Waals surface area contributed by atoms with Crippen LogP contribution in [0, 0.1) is 0 Å². The lowest BCUT2D eigenvalue weighted by Gasteiger charge is -2.14. The Labute approximate surface area is 151 Å². The Morgan fingerprint density at radius 2 is 1.52 bits per heavy atom. The zero-order chi connectivity index (χ0) is 19.2. The molecule has 0 aromatic heterocycles. The van der Waals surface area contributed by atoms with Crippen molar-refractivity contribution in [2.75, 3.05) is 6.61 Å². The van der Waals surface area contributed by atoms with Crippen LogP contribution in [0.2, 0.25) is 0 Å². The van der Waals surface area contributed by atoms with Gasteiger partial charge in [0.1, 0.15) is 0 Å². The molecular weight excluding hydrogens is 320 g/mol. The van der Waals surface area contributed by atoms with Crippen LogP contribution in [0.1, 0.15) is 79.1 Å². The molecule has 0 saturated carbocycles. The van der Waals surface area contributed by atoms with E-state index in [2.05, 4.69) is 0 Å². The van der Waals surface area contributed by atoms with Gasteiger partial charge in [0.05, 0.1) is 6.10 Å². The van der Waals surface area contributed by atoms with E-state index >= 15 is 0 Å². The van der Waals surface area contributed by atoms with E-state index in [0.29, 0.717) is 17.6 Å². The number of allylic oxidation sites excluding steroid dienone is 2. The fourth-order valence-corrected chi connectivity index (χ4v) is 2.37. The molecule has 0 heterocycles. The second kappa shape index (κ2) is 13.8. The van der Waals surface area contributed by atoms with Gasteiger partial charge in [0.15, 0.2) is 0 Å². The first-order chi connectivity index (χ1) is 11.8. The largest absolute Gasteiger partial charge is 0.396 e. The third-order valence-corrected chi connectivity index (χ3v) is 4.18. The number of carbonyl (C=O) groups excluding carboxylic acids is 2. The summed E-state index contributed by atoms with van der Waals surface area (Å²) in [4.78, 5) is 23.9. The molecule has 1 unspecified atom stereocenters. The fraction of sp³-hybridized carbons (Fsp3) is 0.700. The molecule has 0 aliphatic rings. The second-order valence-electron chi connectivity index (χ2n) is 6.62. The van der Waals surface area contributed by atoms with Gasteiger partial charge in [-0.05, 0) is 40.5 Å². The van der Waals surface area contributed by atoms with Crippen molar-refractivity contribution < 1.29 is 24.5 Å². The van der Waals surface area contributed by atoms with Gasteiger partial charge in [-0.25, -0.2) is 9.59 Å². The molecule has 0 saturated heterocycles. The highest BCUT2D eigenvalue weighted by molar-refractivity contribution is 6.01. The highest BCUT2D eigenvalue weighted by Crippen LogP contribution is 2.18. The van der Waals surface area contributed by atoms with Crippen LogP contribution in [0.5, 0.6) is 0 Å². The molecule has 0 fully saturated rings. The first-order valence-corrected chi connectivity index (χ1v) is 9.18. The molecule has 0 amide bonds. The minimum absolute atomic E-state index is 0.202. The van der Waals surface area contributed by atoms with Crippen molar-refractivity contribution in [1.82, 2.24) is 0 Å². The predicted octanol–water partition coefficient (Wildman–Crippen LogP) is 3.83. The molecule has 5 heteroatoms. The van der Waals surface area contributed by atoms with E-state index < -0.39 is 18.0 Å². The lowest BCUT2D eigenvalue weighted by molar-refractivity contribution is -0.154. The molecule has 0 aliphatic carbocycles. The topological polar surface area (TPSA) is 83.8 Å². The third-order valence-electron chi connectivity index (χ3n) is 4.18. The summed E-state index contributed by atoms with van der Waals surface area (Å²) in [5.41, 5.74) is 1.50. The van der Waals surface area contributed by atoms with Crippen molar-refractivity contribution in [2.24, 2.45) is 0 Å². The number of hydrogen-bond donors (Lipinski definition) is 2. The van der Waals surface area contributed by atoms with Crippen LogP contribution < -0.4 is 0 Å². The Hall–Kier alpha value is -1.46. The standard InChI is InChI=1S/C20H34O5/c1-5-16(4)19(23)25-20(24)18(15(2)3)14-17(22)12-10-8-6-7-9-11-13-21/h5,17,21-22H,6-14H2,1-4H3. The van der Waals surface area contributed by atoms with Gasteiger partial charge in [-0.1, -0.05) is 43.8 Å². The van der Waals surface area contributed by atoms with E-state index in [-0.39, 0.29) is 13.0 Å². The highest BCUT2D eigenvalue weighted by Gasteiger charge is 2.20. The van der Waals surface area contributed by atoms with E-state index in [1.807, 2.05) is 0 Å². The van der Waals surface area contributed by atoms with E-state index in [1.165, 1.54) is 0 Å². The van der Waals surface area contributed by atoms with E-state index in [0.717, 1.165) is 44.1 Å². The quantitative estimate of drug-likeness (QED) is 0.241. The molecular formula is C20H34O5. The second-order valence-corrected chi connectivity index (χ2v) is 6.62. The summed E-state index contributed by atoms with van der Waals surface area (Å²) in [6.45, 7) is 7.09. The van der Waals surface area contributed by atoms with Crippen LogP contribution in [0.3, 0.4) is 0 Å². The van der Waals surface area contributed by atoms with Crippen molar-refractivity contribution in [1.29, 1.82) is 0 Å². The van der Waals surface area contributed by atoms with Crippen LogP contribution in [-0.4, -0.2) is 34.9 Å². The maximum absolute atomic E-state index is 12.2. The summed E-state index contributed by atoms with van der Waals surface area (Å²) in [5, 5.41) is 18.9. The molecule has 0 rings (SSSR count). The Bertz CT molecular complexity index is 472. The number of hydrogen-bond acceptors (Lipinski definition) is 5. The molecule has 0 aliphatic heterocycles. The minimum Gasteiger partial charge on any atom is -0.396 e. The Balaban J connectivity index is 4.32. The molecule has 0 aromatic rings. The zero-order valence-electron chi connectivity index (χ0n) is 16.1. The smallest absolute Gasteiger partial charge is 0.341 e. The molecule has 0 aromatic carbocycles. The van der Waals surface area contributed by atoms with Crippen molar-refractivity contribution in [2.45, 2.75) is 85.2 Å². The summed E-state index contributed by atoms with van der Waals surface area (Å²) in [6, 6.07) is 0. The summed E-state index contributed by atoms with van der Waals surface area (Å²) in [5.74, 6) is -1.32. The average molecular weight is 354 g/mol. The van der Waals surface area contributed by atoms with Crippen molar-refractivity contribution in [3.05, 3.63) is 22.8 Å². The van der Waals surface area contributed by atoms with Gasteiger partial charge in [-0.15, -0.1) is 0 Å². The molecule has 2 N–H and O–H groups in total. The molecule has 25 heavy (non-hydrogen) atoms. The number of ether oxygens (including phenoxy) is 1. The van der Waals surface area contributed by atoms with Crippen LogP contribution in [0.25, 0.3) is 0 Å². The van der Waals surface area contributed by atoms with Crippen LogP contribution in [-0.2, 0) is 14.3 Å². The van der Waals surface area contributed by atoms with Crippen LogP contribution >= 0.6 is 0 Å². The summed E-state index contributed by atoms with van der Waals surface area (Å²) < 4.78 is 4.87. The molecule has 0 radical (unpaired) electrons.